The summed E-state index contributed by atoms with van der Waals surface area (Å²) in [6.45, 7) is 0.0746. The summed E-state index contributed by atoms with van der Waals surface area (Å²) < 4.78 is 12.9. The van der Waals surface area contributed by atoms with Gasteiger partial charge in [-0.3, -0.25) is 0 Å². The van der Waals surface area contributed by atoms with Crippen molar-refractivity contribution in [3.8, 4) is 0 Å². The molecule has 2 N–H and O–H groups in total. The fourth-order valence-corrected chi connectivity index (χ4v) is 2.12. The molecule has 2 rings (SSSR count). The number of aliphatic hydroxyl groups is 1. The minimum Gasteiger partial charge on any atom is -0.394 e. The number of nitrogens with zero attached hydrogens (tertiary/aromatic N) is 1. The Morgan fingerprint density at radius 3 is 2.73 bits per heavy atom. The summed E-state index contributed by atoms with van der Waals surface area (Å²) in [5, 5.41) is 12.5. The van der Waals surface area contributed by atoms with Crippen LogP contribution in [0.5, 0.6) is 0 Å². The van der Waals surface area contributed by atoms with E-state index in [0.29, 0.717) is 5.82 Å². The first-order chi connectivity index (χ1) is 7.24. The highest BCUT2D eigenvalue weighted by Crippen LogP contribution is 2.32. The van der Waals surface area contributed by atoms with Crippen molar-refractivity contribution in [1.29, 1.82) is 0 Å². The lowest BCUT2D eigenvalue weighted by Crippen LogP contribution is -2.39. The molecule has 0 amide bonds. The molecule has 0 radical (unpaired) electrons. The second-order valence-electron chi connectivity index (χ2n) is 4.12. The van der Waals surface area contributed by atoms with Gasteiger partial charge >= 0.3 is 0 Å². The number of hydrogen-bond donors (Lipinski definition) is 2. The Balaban J connectivity index is 2.12. The van der Waals surface area contributed by atoms with Crippen LogP contribution in [0.4, 0.5) is 10.2 Å². The highest BCUT2D eigenvalue weighted by molar-refractivity contribution is 5.37. The van der Waals surface area contributed by atoms with Gasteiger partial charge in [0, 0.05) is 0 Å². The van der Waals surface area contributed by atoms with E-state index in [-0.39, 0.29) is 12.1 Å². The molecular formula is C11H15FN2O. The quantitative estimate of drug-likeness (QED) is 0.749. The molecule has 1 aromatic rings. The maximum atomic E-state index is 12.9. The molecule has 0 bridgehead atoms. The van der Waals surface area contributed by atoms with Crippen LogP contribution in [-0.4, -0.2) is 22.2 Å². The van der Waals surface area contributed by atoms with Crippen LogP contribution in [0.1, 0.15) is 25.7 Å². The van der Waals surface area contributed by atoms with Gasteiger partial charge in [-0.2, -0.15) is 4.39 Å². The third kappa shape index (κ3) is 2.26. The lowest BCUT2D eigenvalue weighted by molar-refractivity contribution is 0.213. The molecule has 1 aliphatic rings. The molecular weight excluding hydrogens is 195 g/mol. The first-order valence-electron chi connectivity index (χ1n) is 5.26. The number of aliphatic hydroxyl groups excluding tert-OH is 1. The summed E-state index contributed by atoms with van der Waals surface area (Å²) in [6.07, 6.45) is 4.04. The van der Waals surface area contributed by atoms with Crippen LogP contribution >= 0.6 is 0 Å². The van der Waals surface area contributed by atoms with Gasteiger partial charge in [-0.05, 0) is 25.0 Å². The van der Waals surface area contributed by atoms with Gasteiger partial charge in [0.2, 0.25) is 5.95 Å². The van der Waals surface area contributed by atoms with E-state index < -0.39 is 5.95 Å². The maximum Gasteiger partial charge on any atom is 0.214 e. The predicted molar refractivity (Wildman–Crippen MR) is 56.1 cm³/mol. The smallest absolute Gasteiger partial charge is 0.214 e. The van der Waals surface area contributed by atoms with Crippen LogP contribution in [0.15, 0.2) is 18.2 Å². The second-order valence-corrected chi connectivity index (χ2v) is 4.12. The van der Waals surface area contributed by atoms with E-state index >= 15 is 0 Å². The molecule has 0 spiro atoms. The van der Waals surface area contributed by atoms with E-state index in [1.54, 1.807) is 12.1 Å². The zero-order chi connectivity index (χ0) is 10.7. The van der Waals surface area contributed by atoms with E-state index in [0.717, 1.165) is 25.7 Å². The molecule has 1 aliphatic carbocycles. The van der Waals surface area contributed by atoms with E-state index in [2.05, 4.69) is 10.3 Å². The molecule has 3 nitrogen and oxygen atoms in total. The van der Waals surface area contributed by atoms with Crippen molar-refractivity contribution in [3.05, 3.63) is 24.1 Å². The number of pyridine rings is 1. The molecule has 0 atom stereocenters. The van der Waals surface area contributed by atoms with Crippen LogP contribution in [0.25, 0.3) is 0 Å². The van der Waals surface area contributed by atoms with Gasteiger partial charge in [0.1, 0.15) is 5.82 Å². The van der Waals surface area contributed by atoms with Crippen LogP contribution in [0, 0.1) is 5.95 Å². The van der Waals surface area contributed by atoms with Gasteiger partial charge in [-0.25, -0.2) is 4.98 Å². The normalized spacial score (nSPS) is 19.1. The average Bonchev–Trinajstić information content (AvgIpc) is 2.67. The molecule has 0 saturated heterocycles. The van der Waals surface area contributed by atoms with Crippen LogP contribution in [-0.2, 0) is 0 Å². The summed E-state index contributed by atoms with van der Waals surface area (Å²) >= 11 is 0. The fraction of sp³-hybridized carbons (Fsp3) is 0.545. The summed E-state index contributed by atoms with van der Waals surface area (Å²) in [5.74, 6) is 0.0111. The van der Waals surface area contributed by atoms with Crippen molar-refractivity contribution in [2.24, 2.45) is 0 Å². The lowest BCUT2D eigenvalue weighted by Gasteiger charge is -2.28. The fourth-order valence-electron chi connectivity index (χ4n) is 2.12. The molecule has 82 valence electrons. The lowest BCUT2D eigenvalue weighted by atomic mass is 9.99. The van der Waals surface area contributed by atoms with E-state index in [9.17, 15) is 9.50 Å². The largest absolute Gasteiger partial charge is 0.394 e. The van der Waals surface area contributed by atoms with Crippen molar-refractivity contribution in [1.82, 2.24) is 4.98 Å². The SMILES string of the molecule is OCC1(Nc2cccc(F)n2)CCCC1. The number of halogens is 1. The van der Waals surface area contributed by atoms with E-state index in [4.69, 9.17) is 0 Å². The topological polar surface area (TPSA) is 45.1 Å². The Bertz CT molecular complexity index is 337. The molecule has 1 saturated carbocycles. The predicted octanol–water partition coefficient (Wildman–Crippen LogP) is 1.94. The molecule has 0 aromatic carbocycles. The zero-order valence-electron chi connectivity index (χ0n) is 8.54. The van der Waals surface area contributed by atoms with Crippen molar-refractivity contribution in [3.63, 3.8) is 0 Å². The Morgan fingerprint density at radius 2 is 2.13 bits per heavy atom. The van der Waals surface area contributed by atoms with Gasteiger partial charge in [-0.1, -0.05) is 18.9 Å². The van der Waals surface area contributed by atoms with Gasteiger partial charge < -0.3 is 10.4 Å². The van der Waals surface area contributed by atoms with E-state index in [1.165, 1.54) is 6.07 Å². The summed E-state index contributed by atoms with van der Waals surface area (Å²) in [6, 6.07) is 4.65. The van der Waals surface area contributed by atoms with Crippen molar-refractivity contribution < 1.29 is 9.50 Å². The monoisotopic (exact) mass is 210 g/mol. The standard InChI is InChI=1S/C11H15FN2O/c12-9-4-3-5-10(13-9)14-11(8-15)6-1-2-7-11/h3-5,15H,1-2,6-8H2,(H,13,14). The number of anilines is 1. The molecule has 0 unspecified atom stereocenters. The molecule has 1 fully saturated rings. The Morgan fingerprint density at radius 1 is 1.40 bits per heavy atom. The van der Waals surface area contributed by atoms with Crippen LogP contribution in [0.2, 0.25) is 0 Å². The number of rotatable bonds is 3. The first-order valence-corrected chi connectivity index (χ1v) is 5.26. The second kappa shape index (κ2) is 4.14. The third-order valence-electron chi connectivity index (χ3n) is 2.97. The Hall–Kier alpha value is -1.16. The zero-order valence-corrected chi connectivity index (χ0v) is 8.54. The number of hydrogen-bond acceptors (Lipinski definition) is 3. The maximum absolute atomic E-state index is 12.9. The Labute approximate surface area is 88.3 Å². The van der Waals surface area contributed by atoms with Crippen LogP contribution < -0.4 is 5.32 Å². The third-order valence-corrected chi connectivity index (χ3v) is 2.97. The van der Waals surface area contributed by atoms with Crippen LogP contribution in [0.3, 0.4) is 0 Å². The minimum atomic E-state index is -0.494. The van der Waals surface area contributed by atoms with E-state index in [1.807, 2.05) is 0 Å². The molecule has 0 aliphatic heterocycles. The summed E-state index contributed by atoms with van der Waals surface area (Å²) in [4.78, 5) is 3.74. The average molecular weight is 210 g/mol. The molecule has 15 heavy (non-hydrogen) atoms. The van der Waals surface area contributed by atoms with Gasteiger partial charge in [0.15, 0.2) is 0 Å². The van der Waals surface area contributed by atoms with Gasteiger partial charge in [0.25, 0.3) is 0 Å². The highest BCUT2D eigenvalue weighted by Gasteiger charge is 2.33. The molecule has 4 heteroatoms. The summed E-state index contributed by atoms with van der Waals surface area (Å²) in [7, 11) is 0. The van der Waals surface area contributed by atoms with Crippen molar-refractivity contribution >= 4 is 5.82 Å². The van der Waals surface area contributed by atoms with Crippen molar-refractivity contribution in [2.45, 2.75) is 31.2 Å². The minimum absolute atomic E-state index is 0.0746. The van der Waals surface area contributed by atoms with Gasteiger partial charge in [0.05, 0.1) is 12.1 Å². The highest BCUT2D eigenvalue weighted by atomic mass is 19.1. The van der Waals surface area contributed by atoms with Gasteiger partial charge in [-0.15, -0.1) is 0 Å². The first kappa shape index (κ1) is 10.4. The summed E-state index contributed by atoms with van der Waals surface area (Å²) in [5.41, 5.74) is -0.291. The van der Waals surface area contributed by atoms with Crippen molar-refractivity contribution in [2.75, 3.05) is 11.9 Å². The Kier molecular flexibility index (Phi) is 2.86. The number of nitrogens with one attached hydrogen (secondary N) is 1. The molecule has 1 aromatic heterocycles. The molecule has 1 heterocycles. The number of aromatic nitrogens is 1.